The molecule has 0 spiro atoms. The van der Waals surface area contributed by atoms with Gasteiger partial charge in [0.1, 0.15) is 5.57 Å². The number of halogens is 7. The Morgan fingerprint density at radius 3 is 1.72 bits per heavy atom. The highest BCUT2D eigenvalue weighted by Crippen LogP contribution is 2.61. The molecule has 0 amide bonds. The van der Waals surface area contributed by atoms with Gasteiger partial charge < -0.3 is 0 Å². The summed E-state index contributed by atoms with van der Waals surface area (Å²) in [6, 6.07) is 0. The molecule has 0 aliphatic heterocycles. The number of carbonyl (C=O) groups is 1. The SMILES string of the molecule is CC1(C)C(C=C(C(F)(F)F)C(F)(F)F)C1C(=O)Cl. The highest BCUT2D eigenvalue weighted by atomic mass is 35.5. The van der Waals surface area contributed by atoms with Crippen molar-refractivity contribution in [2.75, 3.05) is 0 Å². The first kappa shape index (κ1) is 15.3. The topological polar surface area (TPSA) is 17.1 Å². The summed E-state index contributed by atoms with van der Waals surface area (Å²) in [6.07, 6.45) is -10.9. The normalized spacial score (nSPS) is 26.7. The summed E-state index contributed by atoms with van der Waals surface area (Å²) < 4.78 is 73.7. The molecule has 1 saturated carbocycles. The molecule has 18 heavy (non-hydrogen) atoms. The zero-order valence-corrected chi connectivity index (χ0v) is 10.0. The van der Waals surface area contributed by atoms with E-state index in [1.807, 2.05) is 0 Å². The van der Waals surface area contributed by atoms with Gasteiger partial charge in [-0.1, -0.05) is 19.9 Å². The fourth-order valence-electron chi connectivity index (χ4n) is 1.95. The van der Waals surface area contributed by atoms with Crippen molar-refractivity contribution < 1.29 is 31.1 Å². The first-order valence-electron chi connectivity index (χ1n) is 4.85. The lowest BCUT2D eigenvalue weighted by Gasteiger charge is -2.15. The van der Waals surface area contributed by atoms with E-state index in [0.29, 0.717) is 0 Å². The molecule has 1 aliphatic carbocycles. The number of rotatable bonds is 2. The Bertz CT molecular complexity index is 376. The van der Waals surface area contributed by atoms with Crippen molar-refractivity contribution in [3.05, 3.63) is 11.6 Å². The van der Waals surface area contributed by atoms with Crippen LogP contribution in [0.5, 0.6) is 0 Å². The molecule has 0 aromatic rings. The molecule has 0 aromatic carbocycles. The third-order valence-electron chi connectivity index (χ3n) is 3.11. The van der Waals surface area contributed by atoms with Crippen molar-refractivity contribution in [1.29, 1.82) is 0 Å². The van der Waals surface area contributed by atoms with Crippen LogP contribution in [0.2, 0.25) is 0 Å². The maximum atomic E-state index is 12.3. The largest absolute Gasteiger partial charge is 0.421 e. The molecule has 0 radical (unpaired) electrons. The van der Waals surface area contributed by atoms with Crippen molar-refractivity contribution in [2.45, 2.75) is 26.2 Å². The van der Waals surface area contributed by atoms with E-state index in [1.54, 1.807) is 0 Å². The Labute approximate surface area is 104 Å². The Morgan fingerprint density at radius 2 is 1.50 bits per heavy atom. The van der Waals surface area contributed by atoms with E-state index in [1.165, 1.54) is 13.8 Å². The lowest BCUT2D eigenvalue weighted by molar-refractivity contribution is -0.172. The molecule has 2 atom stereocenters. The van der Waals surface area contributed by atoms with Crippen LogP contribution in [0.15, 0.2) is 11.6 Å². The second-order valence-corrected chi connectivity index (χ2v) is 5.08. The fraction of sp³-hybridized carbons (Fsp3) is 0.700. The Kier molecular flexibility index (Phi) is 3.53. The molecule has 0 bridgehead atoms. The molecule has 104 valence electrons. The second-order valence-electron chi connectivity index (χ2n) is 4.70. The van der Waals surface area contributed by atoms with Crippen LogP contribution in [0, 0.1) is 17.3 Å². The maximum Gasteiger partial charge on any atom is 0.421 e. The van der Waals surface area contributed by atoms with Crippen LogP contribution < -0.4 is 0 Å². The van der Waals surface area contributed by atoms with Gasteiger partial charge in [-0.25, -0.2) is 0 Å². The van der Waals surface area contributed by atoms with Crippen LogP contribution in [0.3, 0.4) is 0 Å². The van der Waals surface area contributed by atoms with E-state index in [9.17, 15) is 31.1 Å². The van der Waals surface area contributed by atoms with Crippen LogP contribution in [-0.4, -0.2) is 17.6 Å². The maximum absolute atomic E-state index is 12.3. The number of hydrogen-bond acceptors (Lipinski definition) is 1. The standard InChI is InChI=1S/C10H9ClF6O/c1-8(2)4(6(8)7(11)18)3-5(9(12,13)14)10(15,16)17/h3-4,6H,1-2H3. The highest BCUT2D eigenvalue weighted by Gasteiger charge is 2.62. The molecule has 0 saturated heterocycles. The summed E-state index contributed by atoms with van der Waals surface area (Å²) >= 11 is 5.14. The Balaban J connectivity index is 3.11. The summed E-state index contributed by atoms with van der Waals surface area (Å²) in [7, 11) is 0. The minimum Gasteiger partial charge on any atom is -0.281 e. The molecular formula is C10H9ClF6O. The van der Waals surface area contributed by atoms with E-state index in [0.717, 1.165) is 0 Å². The molecule has 0 heterocycles. The number of hydrogen-bond donors (Lipinski definition) is 0. The van der Waals surface area contributed by atoms with E-state index >= 15 is 0 Å². The van der Waals surface area contributed by atoms with Crippen LogP contribution >= 0.6 is 11.6 Å². The molecule has 1 rings (SSSR count). The van der Waals surface area contributed by atoms with Gasteiger partial charge in [-0.05, 0) is 22.9 Å². The average Bonchev–Trinajstić information content (AvgIpc) is 2.59. The van der Waals surface area contributed by atoms with Gasteiger partial charge in [-0.2, -0.15) is 26.3 Å². The quantitative estimate of drug-likeness (QED) is 0.426. The summed E-state index contributed by atoms with van der Waals surface area (Å²) in [4.78, 5) is 10.9. The lowest BCUT2D eigenvalue weighted by atomic mass is 10.1. The summed E-state index contributed by atoms with van der Waals surface area (Å²) in [5, 5.41) is -0.926. The van der Waals surface area contributed by atoms with E-state index < -0.39 is 40.4 Å². The summed E-state index contributed by atoms with van der Waals surface area (Å²) in [5.74, 6) is -2.17. The zero-order chi connectivity index (χ0) is 14.5. The smallest absolute Gasteiger partial charge is 0.281 e. The molecule has 1 fully saturated rings. The molecular weight excluding hydrogens is 286 g/mol. The Morgan fingerprint density at radius 1 is 1.11 bits per heavy atom. The number of allylic oxidation sites excluding steroid dienone is 2. The second kappa shape index (κ2) is 4.15. The molecule has 1 nitrogen and oxygen atoms in total. The predicted molar refractivity (Wildman–Crippen MR) is 51.8 cm³/mol. The fourth-order valence-corrected chi connectivity index (χ4v) is 2.37. The predicted octanol–water partition coefficient (Wildman–Crippen LogP) is 4.08. The van der Waals surface area contributed by atoms with Gasteiger partial charge in [-0.15, -0.1) is 0 Å². The van der Waals surface area contributed by atoms with Crippen molar-refractivity contribution in [3.8, 4) is 0 Å². The summed E-state index contributed by atoms with van der Waals surface area (Å²) in [6.45, 7) is 2.78. The molecule has 1 aliphatic rings. The minimum atomic E-state index is -5.50. The van der Waals surface area contributed by atoms with Gasteiger partial charge in [0.25, 0.3) is 0 Å². The van der Waals surface area contributed by atoms with Gasteiger partial charge in [0.05, 0.1) is 0 Å². The third kappa shape index (κ3) is 2.81. The van der Waals surface area contributed by atoms with Gasteiger partial charge in [0.2, 0.25) is 5.24 Å². The van der Waals surface area contributed by atoms with Crippen LogP contribution in [0.1, 0.15) is 13.8 Å². The molecule has 8 heteroatoms. The van der Waals surface area contributed by atoms with E-state index in [4.69, 9.17) is 11.6 Å². The minimum absolute atomic E-state index is 0.0605. The zero-order valence-electron chi connectivity index (χ0n) is 9.29. The Hall–Kier alpha value is -0.720. The summed E-state index contributed by atoms with van der Waals surface area (Å²) in [5.41, 5.74) is -3.57. The first-order chi connectivity index (χ1) is 7.79. The van der Waals surface area contributed by atoms with Crippen molar-refractivity contribution in [2.24, 2.45) is 17.3 Å². The molecule has 2 unspecified atom stereocenters. The van der Waals surface area contributed by atoms with Gasteiger partial charge in [-0.3, -0.25) is 4.79 Å². The van der Waals surface area contributed by atoms with Crippen molar-refractivity contribution >= 4 is 16.8 Å². The highest BCUT2D eigenvalue weighted by molar-refractivity contribution is 6.64. The van der Waals surface area contributed by atoms with Gasteiger partial charge >= 0.3 is 12.4 Å². The first-order valence-corrected chi connectivity index (χ1v) is 5.23. The lowest BCUT2D eigenvalue weighted by Crippen LogP contribution is -2.26. The molecule has 0 aromatic heterocycles. The van der Waals surface area contributed by atoms with Crippen molar-refractivity contribution in [1.82, 2.24) is 0 Å². The van der Waals surface area contributed by atoms with Gasteiger partial charge in [0.15, 0.2) is 0 Å². The molecule has 0 N–H and O–H groups in total. The monoisotopic (exact) mass is 294 g/mol. The van der Waals surface area contributed by atoms with Crippen LogP contribution in [-0.2, 0) is 4.79 Å². The van der Waals surface area contributed by atoms with Gasteiger partial charge in [0, 0.05) is 5.92 Å². The average molecular weight is 295 g/mol. The van der Waals surface area contributed by atoms with E-state index in [2.05, 4.69) is 0 Å². The van der Waals surface area contributed by atoms with Crippen LogP contribution in [0.25, 0.3) is 0 Å². The third-order valence-corrected chi connectivity index (χ3v) is 3.35. The van der Waals surface area contributed by atoms with Crippen LogP contribution in [0.4, 0.5) is 26.3 Å². The number of carbonyl (C=O) groups excluding carboxylic acids is 1. The van der Waals surface area contributed by atoms with E-state index in [-0.39, 0.29) is 6.08 Å². The number of alkyl halides is 6. The van der Waals surface area contributed by atoms with Crippen molar-refractivity contribution in [3.63, 3.8) is 0 Å².